The molecule has 0 bridgehead atoms. The SMILES string of the molecule is COc1cccc(-c2nnnn2CCC(C)C(=O)O)c1. The van der Waals surface area contributed by atoms with Crippen molar-refractivity contribution in [1.29, 1.82) is 0 Å². The highest BCUT2D eigenvalue weighted by Crippen LogP contribution is 2.21. The Morgan fingerprint density at radius 3 is 3.00 bits per heavy atom. The third-order valence-corrected chi connectivity index (χ3v) is 3.06. The first-order valence-electron chi connectivity index (χ1n) is 6.25. The predicted molar refractivity (Wildman–Crippen MR) is 71.2 cm³/mol. The Kier molecular flexibility index (Phi) is 4.29. The van der Waals surface area contributed by atoms with Gasteiger partial charge in [-0.2, -0.15) is 0 Å². The lowest BCUT2D eigenvalue weighted by Gasteiger charge is -2.08. The van der Waals surface area contributed by atoms with E-state index in [0.717, 1.165) is 11.3 Å². The number of nitrogens with zero attached hydrogens (tertiary/aromatic N) is 4. The van der Waals surface area contributed by atoms with Crippen LogP contribution in [0.5, 0.6) is 5.75 Å². The van der Waals surface area contributed by atoms with Crippen LogP contribution in [0.25, 0.3) is 11.4 Å². The standard InChI is InChI=1S/C13H16N4O3/c1-9(13(18)19)6-7-17-12(14-15-16-17)10-4-3-5-11(8-10)20-2/h3-5,8-9H,6-7H2,1-2H3,(H,18,19). The van der Waals surface area contributed by atoms with Crippen LogP contribution >= 0.6 is 0 Å². The van der Waals surface area contributed by atoms with Gasteiger partial charge in [0.2, 0.25) is 0 Å². The number of methoxy groups -OCH3 is 1. The lowest BCUT2D eigenvalue weighted by atomic mass is 10.1. The Morgan fingerprint density at radius 1 is 1.50 bits per heavy atom. The topological polar surface area (TPSA) is 90.1 Å². The van der Waals surface area contributed by atoms with Crippen molar-refractivity contribution < 1.29 is 14.6 Å². The zero-order valence-corrected chi connectivity index (χ0v) is 11.4. The number of carboxylic acids is 1. The van der Waals surface area contributed by atoms with Crippen molar-refractivity contribution in [1.82, 2.24) is 20.2 Å². The van der Waals surface area contributed by atoms with Gasteiger partial charge in [-0.15, -0.1) is 5.10 Å². The Hall–Kier alpha value is -2.44. The average molecular weight is 276 g/mol. The molecule has 0 aliphatic heterocycles. The molecule has 0 radical (unpaired) electrons. The zero-order chi connectivity index (χ0) is 14.5. The first kappa shape index (κ1) is 14.0. The van der Waals surface area contributed by atoms with Crippen LogP contribution in [0.4, 0.5) is 0 Å². The Balaban J connectivity index is 2.17. The molecule has 0 aliphatic carbocycles. The highest BCUT2D eigenvalue weighted by molar-refractivity contribution is 5.69. The molecule has 0 fully saturated rings. The van der Waals surface area contributed by atoms with E-state index in [1.807, 2.05) is 24.3 Å². The molecule has 0 saturated heterocycles. The summed E-state index contributed by atoms with van der Waals surface area (Å²) in [7, 11) is 1.59. The van der Waals surface area contributed by atoms with Crippen molar-refractivity contribution in [2.75, 3.05) is 7.11 Å². The first-order chi connectivity index (χ1) is 9.61. The predicted octanol–water partition coefficient (Wildman–Crippen LogP) is 1.46. The van der Waals surface area contributed by atoms with Gasteiger partial charge in [0.1, 0.15) is 5.75 Å². The van der Waals surface area contributed by atoms with Gasteiger partial charge in [-0.3, -0.25) is 4.79 Å². The maximum absolute atomic E-state index is 10.8. The van der Waals surface area contributed by atoms with Gasteiger partial charge in [-0.1, -0.05) is 19.1 Å². The molecule has 1 aromatic heterocycles. The molecule has 2 rings (SSSR count). The highest BCUT2D eigenvalue weighted by Gasteiger charge is 2.14. The smallest absolute Gasteiger partial charge is 0.306 e. The number of carboxylic acid groups (broad SMARTS) is 1. The second-order valence-electron chi connectivity index (χ2n) is 4.49. The number of ether oxygens (including phenoxy) is 1. The number of rotatable bonds is 6. The molecule has 0 saturated carbocycles. The molecule has 0 aliphatic rings. The molecule has 20 heavy (non-hydrogen) atoms. The molecule has 7 nitrogen and oxygen atoms in total. The lowest BCUT2D eigenvalue weighted by Crippen LogP contribution is -2.14. The Bertz CT molecular complexity index is 597. The second kappa shape index (κ2) is 6.14. The van der Waals surface area contributed by atoms with Gasteiger partial charge in [0.05, 0.1) is 13.0 Å². The summed E-state index contributed by atoms with van der Waals surface area (Å²) in [5, 5.41) is 20.4. The van der Waals surface area contributed by atoms with Gasteiger partial charge in [0.25, 0.3) is 0 Å². The molecule has 1 aromatic carbocycles. The van der Waals surface area contributed by atoms with Crippen LogP contribution in [0.2, 0.25) is 0 Å². The van der Waals surface area contributed by atoms with Crippen molar-refractivity contribution in [3.63, 3.8) is 0 Å². The zero-order valence-electron chi connectivity index (χ0n) is 11.4. The van der Waals surface area contributed by atoms with Crippen LogP contribution in [0.1, 0.15) is 13.3 Å². The third-order valence-electron chi connectivity index (χ3n) is 3.06. The molecule has 1 atom stereocenters. The van der Waals surface area contributed by atoms with Crippen LogP contribution in [0.15, 0.2) is 24.3 Å². The quantitative estimate of drug-likeness (QED) is 0.859. The number of aliphatic carboxylic acids is 1. The minimum atomic E-state index is -0.819. The van der Waals surface area contributed by atoms with E-state index in [1.165, 1.54) is 0 Å². The third kappa shape index (κ3) is 3.11. The molecule has 7 heteroatoms. The van der Waals surface area contributed by atoms with Gasteiger partial charge in [-0.25, -0.2) is 4.68 Å². The molecule has 2 aromatic rings. The first-order valence-corrected chi connectivity index (χ1v) is 6.25. The lowest BCUT2D eigenvalue weighted by molar-refractivity contribution is -0.141. The summed E-state index contributed by atoms with van der Waals surface area (Å²) in [5.41, 5.74) is 0.831. The van der Waals surface area contributed by atoms with E-state index in [2.05, 4.69) is 15.5 Å². The fourth-order valence-corrected chi connectivity index (χ4v) is 1.76. The molecule has 1 N–H and O–H groups in total. The number of aromatic nitrogens is 4. The number of tetrazole rings is 1. The molecule has 0 amide bonds. The van der Waals surface area contributed by atoms with Gasteiger partial charge >= 0.3 is 5.97 Å². The summed E-state index contributed by atoms with van der Waals surface area (Å²) in [5.74, 6) is 0.0656. The Labute approximate surface area is 116 Å². The van der Waals surface area contributed by atoms with E-state index < -0.39 is 11.9 Å². The molecule has 1 heterocycles. The van der Waals surface area contributed by atoms with Crippen molar-refractivity contribution in [2.24, 2.45) is 5.92 Å². The van der Waals surface area contributed by atoms with Crippen LogP contribution in [0.3, 0.4) is 0 Å². The van der Waals surface area contributed by atoms with Crippen molar-refractivity contribution in [2.45, 2.75) is 19.9 Å². The largest absolute Gasteiger partial charge is 0.497 e. The van der Waals surface area contributed by atoms with E-state index in [1.54, 1.807) is 18.7 Å². The van der Waals surface area contributed by atoms with Crippen molar-refractivity contribution >= 4 is 5.97 Å². The molecule has 1 unspecified atom stereocenters. The van der Waals surface area contributed by atoms with Gasteiger partial charge in [-0.05, 0) is 29.0 Å². The molecule has 106 valence electrons. The van der Waals surface area contributed by atoms with Crippen LogP contribution in [-0.2, 0) is 11.3 Å². The summed E-state index contributed by atoms with van der Waals surface area (Å²) in [6.45, 7) is 2.12. The maximum atomic E-state index is 10.8. The minimum Gasteiger partial charge on any atom is -0.497 e. The number of benzene rings is 1. The maximum Gasteiger partial charge on any atom is 0.306 e. The highest BCUT2D eigenvalue weighted by atomic mass is 16.5. The van der Waals surface area contributed by atoms with Crippen LogP contribution in [0, 0.1) is 5.92 Å². The summed E-state index contributed by atoms with van der Waals surface area (Å²) in [6, 6.07) is 7.41. The van der Waals surface area contributed by atoms with Gasteiger partial charge < -0.3 is 9.84 Å². The average Bonchev–Trinajstić information content (AvgIpc) is 2.93. The molecular formula is C13H16N4O3. The fourth-order valence-electron chi connectivity index (χ4n) is 1.76. The van der Waals surface area contributed by atoms with E-state index in [9.17, 15) is 4.79 Å². The van der Waals surface area contributed by atoms with E-state index >= 15 is 0 Å². The second-order valence-corrected chi connectivity index (χ2v) is 4.49. The van der Waals surface area contributed by atoms with Gasteiger partial charge in [0, 0.05) is 12.1 Å². The summed E-state index contributed by atoms with van der Waals surface area (Å²) >= 11 is 0. The number of hydrogen-bond acceptors (Lipinski definition) is 5. The monoisotopic (exact) mass is 276 g/mol. The number of hydrogen-bond donors (Lipinski definition) is 1. The number of carbonyl (C=O) groups is 1. The molecule has 0 spiro atoms. The fraction of sp³-hybridized carbons (Fsp3) is 0.385. The summed E-state index contributed by atoms with van der Waals surface area (Å²) < 4.78 is 6.77. The van der Waals surface area contributed by atoms with E-state index in [0.29, 0.717) is 18.8 Å². The van der Waals surface area contributed by atoms with E-state index in [-0.39, 0.29) is 0 Å². The molecular weight excluding hydrogens is 260 g/mol. The summed E-state index contributed by atoms with van der Waals surface area (Å²) in [4.78, 5) is 10.8. The van der Waals surface area contributed by atoms with Crippen molar-refractivity contribution in [3.05, 3.63) is 24.3 Å². The number of aryl methyl sites for hydroxylation is 1. The normalized spacial score (nSPS) is 12.1. The minimum absolute atomic E-state index is 0.433. The Morgan fingerprint density at radius 2 is 2.30 bits per heavy atom. The van der Waals surface area contributed by atoms with Crippen molar-refractivity contribution in [3.8, 4) is 17.1 Å². The van der Waals surface area contributed by atoms with E-state index in [4.69, 9.17) is 9.84 Å². The summed E-state index contributed by atoms with van der Waals surface area (Å²) in [6.07, 6.45) is 0.470. The van der Waals surface area contributed by atoms with Gasteiger partial charge in [0.15, 0.2) is 5.82 Å². The van der Waals surface area contributed by atoms with Crippen LogP contribution < -0.4 is 4.74 Å². The van der Waals surface area contributed by atoms with Crippen LogP contribution in [-0.4, -0.2) is 38.4 Å².